The first kappa shape index (κ1) is 18.6. The number of hydrogen-bond acceptors (Lipinski definition) is 5. The highest BCUT2D eigenvalue weighted by Crippen LogP contribution is 2.33. The summed E-state index contributed by atoms with van der Waals surface area (Å²) in [4.78, 5) is 51.1. The molecular formula is C18H23N3O4S. The Morgan fingerprint density at radius 1 is 1.19 bits per heavy atom. The summed E-state index contributed by atoms with van der Waals surface area (Å²) >= 11 is 1.54. The van der Waals surface area contributed by atoms with Crippen molar-refractivity contribution in [2.24, 2.45) is 0 Å². The van der Waals surface area contributed by atoms with Gasteiger partial charge in [-0.25, -0.2) is 4.79 Å². The van der Waals surface area contributed by atoms with Gasteiger partial charge in [-0.2, -0.15) is 5.01 Å². The Bertz CT molecular complexity index is 764. The summed E-state index contributed by atoms with van der Waals surface area (Å²) in [6, 6.07) is 1.23. The molecule has 0 radical (unpaired) electrons. The molecule has 0 bridgehead atoms. The van der Waals surface area contributed by atoms with Crippen molar-refractivity contribution in [3.05, 3.63) is 21.4 Å². The third-order valence-corrected chi connectivity index (χ3v) is 5.99. The SMILES string of the molecule is Cc1cc(C(=O)CCC(=O)NN2C(=O)NC3(CCCCC3)C2=O)c(C)s1. The molecule has 2 fully saturated rings. The largest absolute Gasteiger partial charge is 0.344 e. The lowest BCUT2D eigenvalue weighted by molar-refractivity contribution is -0.139. The maximum Gasteiger partial charge on any atom is 0.344 e. The van der Waals surface area contributed by atoms with Gasteiger partial charge in [0.1, 0.15) is 5.54 Å². The van der Waals surface area contributed by atoms with E-state index in [1.165, 1.54) is 0 Å². The Morgan fingerprint density at radius 3 is 2.50 bits per heavy atom. The van der Waals surface area contributed by atoms with Crippen molar-refractivity contribution in [1.82, 2.24) is 15.8 Å². The fourth-order valence-electron chi connectivity index (χ4n) is 3.67. The second-order valence-electron chi connectivity index (χ2n) is 7.00. The van der Waals surface area contributed by atoms with Gasteiger partial charge in [0, 0.05) is 28.2 Å². The van der Waals surface area contributed by atoms with Crippen molar-refractivity contribution in [3.8, 4) is 0 Å². The van der Waals surface area contributed by atoms with E-state index in [2.05, 4.69) is 10.7 Å². The molecule has 1 saturated heterocycles. The van der Waals surface area contributed by atoms with Crippen LogP contribution in [0.5, 0.6) is 0 Å². The van der Waals surface area contributed by atoms with Crippen LogP contribution >= 0.6 is 11.3 Å². The topological polar surface area (TPSA) is 95.6 Å². The molecule has 1 aliphatic carbocycles. The number of amides is 4. The summed E-state index contributed by atoms with van der Waals surface area (Å²) in [5, 5.41) is 3.51. The van der Waals surface area contributed by atoms with E-state index in [9.17, 15) is 19.2 Å². The number of rotatable bonds is 5. The molecule has 2 N–H and O–H groups in total. The summed E-state index contributed by atoms with van der Waals surface area (Å²) in [6.45, 7) is 3.81. The molecule has 8 heteroatoms. The van der Waals surface area contributed by atoms with Gasteiger partial charge in [0.05, 0.1) is 0 Å². The van der Waals surface area contributed by atoms with Crippen LogP contribution < -0.4 is 10.7 Å². The molecule has 1 aliphatic heterocycles. The minimum atomic E-state index is -0.871. The number of hydrogen-bond donors (Lipinski definition) is 2. The van der Waals surface area contributed by atoms with Crippen molar-refractivity contribution < 1.29 is 19.2 Å². The number of carbonyl (C=O) groups is 4. The van der Waals surface area contributed by atoms with Crippen LogP contribution in [0.2, 0.25) is 0 Å². The monoisotopic (exact) mass is 377 g/mol. The van der Waals surface area contributed by atoms with Crippen LogP contribution in [0.3, 0.4) is 0 Å². The molecule has 0 aromatic carbocycles. The first-order chi connectivity index (χ1) is 12.3. The molecule has 7 nitrogen and oxygen atoms in total. The standard InChI is InChI=1S/C18H23N3O4S/c1-11-10-13(12(2)26-11)14(22)6-7-15(23)20-21-16(24)18(19-17(21)25)8-4-3-5-9-18/h10H,3-9H2,1-2H3,(H,19,25)(H,20,23). The van der Waals surface area contributed by atoms with E-state index in [4.69, 9.17) is 0 Å². The van der Waals surface area contributed by atoms with Gasteiger partial charge in [0.2, 0.25) is 5.91 Å². The molecule has 0 unspecified atom stereocenters. The Morgan fingerprint density at radius 2 is 1.88 bits per heavy atom. The number of nitrogens with zero attached hydrogens (tertiary/aromatic N) is 1. The van der Waals surface area contributed by atoms with Crippen LogP contribution in [-0.2, 0) is 9.59 Å². The molecular weight excluding hydrogens is 354 g/mol. The highest BCUT2D eigenvalue weighted by molar-refractivity contribution is 7.12. The fourth-order valence-corrected chi connectivity index (χ4v) is 4.61. The van der Waals surface area contributed by atoms with Crippen molar-refractivity contribution in [2.45, 2.75) is 64.3 Å². The van der Waals surface area contributed by atoms with Crippen LogP contribution in [0.1, 0.15) is 65.1 Å². The number of thiophene rings is 1. The average molecular weight is 377 g/mol. The average Bonchev–Trinajstić information content (AvgIpc) is 3.05. The van der Waals surface area contributed by atoms with Crippen LogP contribution in [0, 0.1) is 13.8 Å². The number of nitrogens with one attached hydrogen (secondary N) is 2. The van der Waals surface area contributed by atoms with Gasteiger partial charge >= 0.3 is 6.03 Å². The predicted octanol–water partition coefficient (Wildman–Crippen LogP) is 2.61. The van der Waals surface area contributed by atoms with E-state index in [-0.39, 0.29) is 18.6 Å². The highest BCUT2D eigenvalue weighted by Gasteiger charge is 2.52. The number of aryl methyl sites for hydroxylation is 2. The molecule has 1 aromatic rings. The molecule has 140 valence electrons. The first-order valence-corrected chi connectivity index (χ1v) is 9.70. The molecule has 3 rings (SSSR count). The number of urea groups is 1. The molecule has 4 amide bonds. The molecule has 26 heavy (non-hydrogen) atoms. The highest BCUT2D eigenvalue weighted by atomic mass is 32.1. The maximum absolute atomic E-state index is 12.6. The summed E-state index contributed by atoms with van der Waals surface area (Å²) < 4.78 is 0. The van der Waals surface area contributed by atoms with Crippen molar-refractivity contribution >= 4 is 35.0 Å². The van der Waals surface area contributed by atoms with Gasteiger partial charge in [0.25, 0.3) is 5.91 Å². The summed E-state index contributed by atoms with van der Waals surface area (Å²) in [5.74, 6) is -1.02. The van der Waals surface area contributed by atoms with Crippen LogP contribution in [0.25, 0.3) is 0 Å². The van der Waals surface area contributed by atoms with Crippen molar-refractivity contribution in [3.63, 3.8) is 0 Å². The molecule has 2 aliphatic rings. The smallest absolute Gasteiger partial charge is 0.322 e. The minimum Gasteiger partial charge on any atom is -0.322 e. The number of Topliss-reactive ketones (excluding diaryl/α,β-unsaturated/α-hetero) is 1. The second-order valence-corrected chi connectivity index (χ2v) is 8.46. The van der Waals surface area contributed by atoms with E-state index >= 15 is 0 Å². The van der Waals surface area contributed by atoms with E-state index in [0.29, 0.717) is 18.4 Å². The quantitative estimate of drug-likeness (QED) is 0.609. The van der Waals surface area contributed by atoms with Crippen molar-refractivity contribution in [1.29, 1.82) is 0 Å². The van der Waals surface area contributed by atoms with Gasteiger partial charge in [-0.1, -0.05) is 19.3 Å². The number of imide groups is 1. The third kappa shape index (κ3) is 3.51. The maximum atomic E-state index is 12.6. The van der Waals surface area contributed by atoms with Gasteiger partial charge in [-0.15, -0.1) is 11.3 Å². The van der Waals surface area contributed by atoms with Gasteiger partial charge < -0.3 is 5.32 Å². The predicted molar refractivity (Wildman–Crippen MR) is 96.7 cm³/mol. The van der Waals surface area contributed by atoms with Crippen LogP contribution in [-0.4, -0.2) is 34.2 Å². The van der Waals surface area contributed by atoms with Crippen molar-refractivity contribution in [2.75, 3.05) is 0 Å². The summed E-state index contributed by atoms with van der Waals surface area (Å²) in [6.07, 6.45) is 3.96. The Hall–Kier alpha value is -2.22. The van der Waals surface area contributed by atoms with Gasteiger partial charge in [-0.3, -0.25) is 19.8 Å². The van der Waals surface area contributed by atoms with E-state index in [1.807, 2.05) is 19.9 Å². The normalized spacial score (nSPS) is 18.9. The molecule has 0 atom stereocenters. The zero-order valence-electron chi connectivity index (χ0n) is 15.0. The number of ketones is 1. The number of carbonyl (C=O) groups excluding carboxylic acids is 4. The summed E-state index contributed by atoms with van der Waals surface area (Å²) in [7, 11) is 0. The van der Waals surface area contributed by atoms with E-state index in [1.54, 1.807) is 11.3 Å². The minimum absolute atomic E-state index is 0.0393. The van der Waals surface area contributed by atoms with Crippen LogP contribution in [0.4, 0.5) is 4.79 Å². The molecule has 1 aromatic heterocycles. The first-order valence-electron chi connectivity index (χ1n) is 8.89. The molecule has 1 saturated carbocycles. The lowest BCUT2D eigenvalue weighted by Crippen LogP contribution is -2.50. The molecule has 1 spiro atoms. The Kier molecular flexibility index (Phi) is 5.13. The Balaban J connectivity index is 1.56. The lowest BCUT2D eigenvalue weighted by atomic mass is 9.82. The number of hydrazine groups is 1. The van der Waals surface area contributed by atoms with Crippen LogP contribution in [0.15, 0.2) is 6.07 Å². The van der Waals surface area contributed by atoms with E-state index in [0.717, 1.165) is 34.0 Å². The van der Waals surface area contributed by atoms with Gasteiger partial charge in [0.15, 0.2) is 5.78 Å². The zero-order chi connectivity index (χ0) is 18.9. The lowest BCUT2D eigenvalue weighted by Gasteiger charge is -2.30. The summed E-state index contributed by atoms with van der Waals surface area (Å²) in [5.41, 5.74) is 2.12. The Labute approximate surface area is 156 Å². The fraction of sp³-hybridized carbons (Fsp3) is 0.556. The zero-order valence-corrected chi connectivity index (χ0v) is 15.8. The molecule has 2 heterocycles. The van der Waals surface area contributed by atoms with Gasteiger partial charge in [-0.05, 0) is 32.8 Å². The second kappa shape index (κ2) is 7.19. The van der Waals surface area contributed by atoms with E-state index < -0.39 is 23.4 Å². The third-order valence-electron chi connectivity index (χ3n) is 5.03.